The molecule has 0 aliphatic rings. The van der Waals surface area contributed by atoms with E-state index in [9.17, 15) is 0 Å². The van der Waals surface area contributed by atoms with Crippen molar-refractivity contribution in [2.24, 2.45) is 0 Å². The molecule has 98 valence electrons. The molecule has 2 N–H and O–H groups in total. The van der Waals surface area contributed by atoms with Crippen LogP contribution in [-0.2, 0) is 16.0 Å². The van der Waals surface area contributed by atoms with E-state index in [2.05, 4.69) is 34.6 Å². The van der Waals surface area contributed by atoms with E-state index in [-0.39, 0.29) is 6.10 Å². The Morgan fingerprint density at radius 3 is 2.94 bits per heavy atom. The van der Waals surface area contributed by atoms with Crippen LogP contribution in [0.15, 0.2) is 30.5 Å². The molecule has 1 aromatic carbocycles. The average Bonchev–Trinajstić information content (AvgIpc) is 2.86. The molecule has 4 nitrogen and oxygen atoms in total. The van der Waals surface area contributed by atoms with Crippen LogP contribution in [0.3, 0.4) is 0 Å². The summed E-state index contributed by atoms with van der Waals surface area (Å²) in [6.45, 7) is 2.22. The maximum atomic E-state index is 5.31. The Kier molecular flexibility index (Phi) is 4.75. The highest BCUT2D eigenvalue weighted by molar-refractivity contribution is 5.82. The van der Waals surface area contributed by atoms with E-state index >= 15 is 0 Å². The Morgan fingerprint density at radius 1 is 1.28 bits per heavy atom. The van der Waals surface area contributed by atoms with E-state index in [1.165, 1.54) is 16.5 Å². The normalized spacial score (nSPS) is 13.0. The van der Waals surface area contributed by atoms with E-state index in [0.717, 1.165) is 13.1 Å². The zero-order valence-corrected chi connectivity index (χ0v) is 10.9. The fourth-order valence-corrected chi connectivity index (χ4v) is 2.07. The highest BCUT2D eigenvalue weighted by atomic mass is 16.5. The lowest BCUT2D eigenvalue weighted by atomic mass is 10.1. The molecule has 4 heteroatoms. The summed E-state index contributed by atoms with van der Waals surface area (Å²) in [5.41, 5.74) is 2.47. The molecule has 2 aromatic rings. The first kappa shape index (κ1) is 13.1. The van der Waals surface area contributed by atoms with Crippen LogP contribution in [0.5, 0.6) is 0 Å². The Morgan fingerprint density at radius 2 is 2.17 bits per heavy atom. The van der Waals surface area contributed by atoms with E-state index < -0.39 is 0 Å². The molecule has 0 amide bonds. The minimum Gasteiger partial charge on any atom is -0.382 e. The van der Waals surface area contributed by atoms with Crippen molar-refractivity contribution in [1.82, 2.24) is 10.3 Å². The summed E-state index contributed by atoms with van der Waals surface area (Å²) >= 11 is 0. The average molecular weight is 248 g/mol. The molecule has 0 spiro atoms. The number of ether oxygens (including phenoxy) is 2. The third-order valence-electron chi connectivity index (χ3n) is 3.06. The van der Waals surface area contributed by atoms with Crippen molar-refractivity contribution in [2.75, 3.05) is 27.4 Å². The molecule has 2 rings (SSSR count). The highest BCUT2D eigenvalue weighted by Crippen LogP contribution is 2.16. The van der Waals surface area contributed by atoms with Gasteiger partial charge in [-0.15, -0.1) is 0 Å². The number of rotatable bonds is 7. The highest BCUT2D eigenvalue weighted by Gasteiger charge is 2.06. The number of hydrogen-bond donors (Lipinski definition) is 2. The van der Waals surface area contributed by atoms with Crippen LogP contribution in [0.25, 0.3) is 10.9 Å². The Labute approximate surface area is 107 Å². The lowest BCUT2D eigenvalue weighted by Crippen LogP contribution is -2.31. The van der Waals surface area contributed by atoms with Crippen molar-refractivity contribution in [3.05, 3.63) is 36.0 Å². The summed E-state index contributed by atoms with van der Waals surface area (Å²) in [6, 6.07) is 8.40. The van der Waals surface area contributed by atoms with Crippen molar-refractivity contribution in [2.45, 2.75) is 12.6 Å². The lowest BCUT2D eigenvalue weighted by molar-refractivity contribution is 0.0288. The second-order valence-electron chi connectivity index (χ2n) is 4.30. The third kappa shape index (κ3) is 3.10. The maximum absolute atomic E-state index is 5.31. The molecule has 0 saturated carbocycles. The second kappa shape index (κ2) is 6.54. The van der Waals surface area contributed by atoms with Crippen LogP contribution in [0.4, 0.5) is 0 Å². The summed E-state index contributed by atoms with van der Waals surface area (Å²) in [6.07, 6.45) is 2.07. The largest absolute Gasteiger partial charge is 0.382 e. The zero-order chi connectivity index (χ0) is 12.8. The summed E-state index contributed by atoms with van der Waals surface area (Å²) in [7, 11) is 3.39. The summed E-state index contributed by atoms with van der Waals surface area (Å²) in [4.78, 5) is 3.22. The van der Waals surface area contributed by atoms with Gasteiger partial charge in [-0.3, -0.25) is 0 Å². The Hall–Kier alpha value is -1.36. The molecule has 18 heavy (non-hydrogen) atoms. The van der Waals surface area contributed by atoms with Crippen LogP contribution in [0.2, 0.25) is 0 Å². The lowest BCUT2D eigenvalue weighted by Gasteiger charge is -2.15. The van der Waals surface area contributed by atoms with Gasteiger partial charge in [0, 0.05) is 44.4 Å². The number of benzene rings is 1. The molecule has 1 aromatic heterocycles. The van der Waals surface area contributed by atoms with Gasteiger partial charge in [0.2, 0.25) is 0 Å². The van der Waals surface area contributed by atoms with Crippen LogP contribution in [0.1, 0.15) is 5.56 Å². The van der Waals surface area contributed by atoms with Crippen LogP contribution < -0.4 is 5.32 Å². The maximum Gasteiger partial charge on any atom is 0.0928 e. The van der Waals surface area contributed by atoms with Gasteiger partial charge in [-0.25, -0.2) is 0 Å². The topological polar surface area (TPSA) is 46.3 Å². The molecule has 0 fully saturated rings. The van der Waals surface area contributed by atoms with Gasteiger partial charge in [-0.05, 0) is 17.7 Å². The number of fused-ring (bicyclic) bond motifs is 1. The number of aromatic amines is 1. The van der Waals surface area contributed by atoms with Gasteiger partial charge in [0.15, 0.2) is 0 Å². The Bertz CT molecular complexity index is 481. The van der Waals surface area contributed by atoms with Crippen LogP contribution >= 0.6 is 0 Å². The van der Waals surface area contributed by atoms with Crippen LogP contribution in [-0.4, -0.2) is 38.5 Å². The molecule has 1 heterocycles. The molecule has 0 radical (unpaired) electrons. The first-order valence-electron chi connectivity index (χ1n) is 6.12. The second-order valence-corrected chi connectivity index (χ2v) is 4.30. The predicted molar refractivity (Wildman–Crippen MR) is 72.7 cm³/mol. The zero-order valence-electron chi connectivity index (χ0n) is 10.9. The van der Waals surface area contributed by atoms with Gasteiger partial charge in [0.25, 0.3) is 0 Å². The van der Waals surface area contributed by atoms with E-state index in [0.29, 0.717) is 6.61 Å². The fraction of sp³-hybridized carbons (Fsp3) is 0.429. The smallest absolute Gasteiger partial charge is 0.0928 e. The number of methoxy groups -OCH3 is 2. The van der Waals surface area contributed by atoms with E-state index in [1.54, 1.807) is 14.2 Å². The van der Waals surface area contributed by atoms with Gasteiger partial charge < -0.3 is 19.8 Å². The SMILES string of the molecule is COCC(CNCc1cccc2[nH]ccc12)OC. The molecule has 1 atom stereocenters. The molecule has 1 unspecified atom stereocenters. The van der Waals surface area contributed by atoms with Gasteiger partial charge in [0.1, 0.15) is 0 Å². The minimum atomic E-state index is 0.0976. The third-order valence-corrected chi connectivity index (χ3v) is 3.06. The first-order chi connectivity index (χ1) is 8.85. The van der Waals surface area contributed by atoms with Crippen molar-refractivity contribution in [1.29, 1.82) is 0 Å². The molecule has 0 saturated heterocycles. The van der Waals surface area contributed by atoms with Gasteiger partial charge >= 0.3 is 0 Å². The van der Waals surface area contributed by atoms with Crippen molar-refractivity contribution >= 4 is 10.9 Å². The van der Waals surface area contributed by atoms with Crippen LogP contribution in [0, 0.1) is 0 Å². The molecular formula is C14H20N2O2. The fourth-order valence-electron chi connectivity index (χ4n) is 2.07. The van der Waals surface area contributed by atoms with Crippen molar-refractivity contribution in [3.8, 4) is 0 Å². The summed E-state index contributed by atoms with van der Waals surface area (Å²) < 4.78 is 10.4. The molecule has 0 bridgehead atoms. The number of H-pyrrole nitrogens is 1. The van der Waals surface area contributed by atoms with E-state index in [4.69, 9.17) is 9.47 Å². The van der Waals surface area contributed by atoms with Crippen molar-refractivity contribution < 1.29 is 9.47 Å². The standard InChI is InChI=1S/C14H20N2O2/c1-17-10-12(18-2)9-15-8-11-4-3-5-14-13(11)6-7-16-14/h3-7,12,15-16H,8-10H2,1-2H3. The number of nitrogens with one attached hydrogen (secondary N) is 2. The van der Waals surface area contributed by atoms with Crippen molar-refractivity contribution in [3.63, 3.8) is 0 Å². The Balaban J connectivity index is 1.92. The number of aromatic nitrogens is 1. The van der Waals surface area contributed by atoms with E-state index in [1.807, 2.05) is 6.20 Å². The first-order valence-corrected chi connectivity index (χ1v) is 6.12. The molecule has 0 aliphatic carbocycles. The minimum absolute atomic E-state index is 0.0976. The van der Waals surface area contributed by atoms with Gasteiger partial charge in [-0.1, -0.05) is 12.1 Å². The number of hydrogen-bond acceptors (Lipinski definition) is 3. The molecule has 0 aliphatic heterocycles. The monoisotopic (exact) mass is 248 g/mol. The van der Waals surface area contributed by atoms with Gasteiger partial charge in [0.05, 0.1) is 12.7 Å². The predicted octanol–water partition coefficient (Wildman–Crippen LogP) is 1.92. The summed E-state index contributed by atoms with van der Waals surface area (Å²) in [5.74, 6) is 0. The van der Waals surface area contributed by atoms with Gasteiger partial charge in [-0.2, -0.15) is 0 Å². The molecular weight excluding hydrogens is 228 g/mol. The summed E-state index contributed by atoms with van der Waals surface area (Å²) in [5, 5.41) is 4.67. The quantitative estimate of drug-likeness (QED) is 0.787.